The number of benzene rings is 1. The average molecular weight is 381 g/mol. The van der Waals surface area contributed by atoms with Crippen LogP contribution in [-0.2, 0) is 14.4 Å². The van der Waals surface area contributed by atoms with Crippen LogP contribution in [0.4, 0.5) is 0 Å². The number of nitrogens with two attached hydrogens (primary N) is 1. The highest BCUT2D eigenvalue weighted by Gasteiger charge is 2.58. The molecule has 0 atom stereocenters. The van der Waals surface area contributed by atoms with E-state index in [1.807, 2.05) is 47.4 Å². The number of rotatable bonds is 5. The highest BCUT2D eigenvalue weighted by molar-refractivity contribution is 6.07. The Morgan fingerprint density at radius 1 is 1.07 bits per heavy atom. The fraction of sp³-hybridized carbons (Fsp3) is 0.500. The second-order valence-electron chi connectivity index (χ2n) is 8.50. The third-order valence-corrected chi connectivity index (χ3v) is 6.58. The van der Waals surface area contributed by atoms with Crippen LogP contribution in [0.2, 0.25) is 0 Å². The van der Waals surface area contributed by atoms with E-state index in [0.29, 0.717) is 38.9 Å². The van der Waals surface area contributed by atoms with Gasteiger partial charge in [0.25, 0.3) is 0 Å². The van der Waals surface area contributed by atoms with Crippen molar-refractivity contribution in [2.75, 3.05) is 26.2 Å². The highest BCUT2D eigenvalue weighted by atomic mass is 16.2. The molecular formula is C22H27N3O3. The van der Waals surface area contributed by atoms with Gasteiger partial charge in [-0.2, -0.15) is 0 Å². The van der Waals surface area contributed by atoms with Crippen molar-refractivity contribution in [3.8, 4) is 0 Å². The highest BCUT2D eigenvalue weighted by Crippen LogP contribution is 2.48. The van der Waals surface area contributed by atoms with Crippen LogP contribution in [0.3, 0.4) is 0 Å². The average Bonchev–Trinajstić information content (AvgIpc) is 3.45. The van der Waals surface area contributed by atoms with Gasteiger partial charge in [-0.05, 0) is 31.2 Å². The van der Waals surface area contributed by atoms with Gasteiger partial charge in [-0.3, -0.25) is 14.4 Å². The van der Waals surface area contributed by atoms with Crippen molar-refractivity contribution in [2.24, 2.45) is 16.6 Å². The molecule has 3 aliphatic rings. The lowest BCUT2D eigenvalue weighted by molar-refractivity contribution is -0.144. The van der Waals surface area contributed by atoms with Gasteiger partial charge in [-0.25, -0.2) is 0 Å². The second kappa shape index (κ2) is 7.08. The van der Waals surface area contributed by atoms with E-state index >= 15 is 0 Å². The number of hydrogen-bond acceptors (Lipinski definition) is 3. The molecule has 28 heavy (non-hydrogen) atoms. The van der Waals surface area contributed by atoms with Crippen LogP contribution < -0.4 is 5.73 Å². The van der Waals surface area contributed by atoms with Crippen LogP contribution in [0.15, 0.2) is 36.4 Å². The Labute approximate surface area is 165 Å². The van der Waals surface area contributed by atoms with Gasteiger partial charge in [-0.1, -0.05) is 42.5 Å². The van der Waals surface area contributed by atoms with Crippen LogP contribution in [0.25, 0.3) is 6.08 Å². The molecule has 1 saturated carbocycles. The van der Waals surface area contributed by atoms with Gasteiger partial charge in [0.15, 0.2) is 0 Å². The molecule has 2 heterocycles. The fourth-order valence-corrected chi connectivity index (χ4v) is 4.54. The van der Waals surface area contributed by atoms with Crippen LogP contribution in [0.5, 0.6) is 0 Å². The number of carbonyl (C=O) groups excluding carboxylic acids is 3. The van der Waals surface area contributed by atoms with Gasteiger partial charge in [-0.15, -0.1) is 0 Å². The third kappa shape index (κ3) is 3.43. The predicted octanol–water partition coefficient (Wildman–Crippen LogP) is 1.81. The van der Waals surface area contributed by atoms with E-state index in [0.717, 1.165) is 24.9 Å². The largest absolute Gasteiger partial charge is 0.369 e. The molecule has 4 rings (SSSR count). The Kier molecular flexibility index (Phi) is 4.73. The van der Waals surface area contributed by atoms with Crippen LogP contribution in [0, 0.1) is 10.8 Å². The molecule has 0 aromatic heterocycles. The van der Waals surface area contributed by atoms with Crippen LogP contribution in [-0.4, -0.2) is 53.7 Å². The van der Waals surface area contributed by atoms with Crippen LogP contribution >= 0.6 is 0 Å². The van der Waals surface area contributed by atoms with Gasteiger partial charge < -0.3 is 15.5 Å². The summed E-state index contributed by atoms with van der Waals surface area (Å²) in [6.45, 7) is 2.57. The molecule has 3 amide bonds. The molecule has 6 heteroatoms. The Balaban J connectivity index is 1.32. The van der Waals surface area contributed by atoms with Crippen molar-refractivity contribution in [1.29, 1.82) is 0 Å². The van der Waals surface area contributed by atoms with E-state index in [-0.39, 0.29) is 17.2 Å². The summed E-state index contributed by atoms with van der Waals surface area (Å²) >= 11 is 0. The quantitative estimate of drug-likeness (QED) is 0.790. The number of amides is 3. The van der Waals surface area contributed by atoms with Crippen molar-refractivity contribution >= 4 is 23.8 Å². The first kappa shape index (κ1) is 18.7. The molecule has 2 saturated heterocycles. The summed E-state index contributed by atoms with van der Waals surface area (Å²) in [7, 11) is 0. The van der Waals surface area contributed by atoms with E-state index in [9.17, 15) is 14.4 Å². The maximum atomic E-state index is 12.7. The van der Waals surface area contributed by atoms with Gasteiger partial charge in [0, 0.05) is 38.0 Å². The minimum atomic E-state index is -0.940. The molecule has 1 aromatic carbocycles. The molecule has 2 N–H and O–H groups in total. The molecule has 0 bridgehead atoms. The maximum absolute atomic E-state index is 12.7. The van der Waals surface area contributed by atoms with Crippen LogP contribution in [0.1, 0.15) is 37.7 Å². The molecule has 0 radical (unpaired) electrons. The molecule has 1 aromatic rings. The standard InChI is InChI=1S/C22H27N3O3/c23-19(27)22(8-9-22)20(28)24-13-10-21(11-14-24)15-18(26)25(16-21)12-4-7-17-5-2-1-3-6-17/h1-7H,8-16H2,(H2,23,27). The Morgan fingerprint density at radius 2 is 1.75 bits per heavy atom. The Bertz CT molecular complexity index is 806. The summed E-state index contributed by atoms with van der Waals surface area (Å²) < 4.78 is 0. The minimum Gasteiger partial charge on any atom is -0.369 e. The first-order chi connectivity index (χ1) is 13.4. The van der Waals surface area contributed by atoms with E-state index < -0.39 is 11.3 Å². The lowest BCUT2D eigenvalue weighted by atomic mass is 9.77. The summed E-state index contributed by atoms with van der Waals surface area (Å²) in [6, 6.07) is 10.0. The van der Waals surface area contributed by atoms with Gasteiger partial charge >= 0.3 is 0 Å². The molecule has 3 fully saturated rings. The number of nitrogens with zero attached hydrogens (tertiary/aromatic N) is 2. The monoisotopic (exact) mass is 381 g/mol. The van der Waals surface area contributed by atoms with E-state index in [1.54, 1.807) is 4.90 Å². The Morgan fingerprint density at radius 3 is 2.36 bits per heavy atom. The normalized spacial score (nSPS) is 22.8. The molecule has 6 nitrogen and oxygen atoms in total. The first-order valence-corrected chi connectivity index (χ1v) is 10.0. The third-order valence-electron chi connectivity index (χ3n) is 6.58. The topological polar surface area (TPSA) is 83.7 Å². The number of carbonyl (C=O) groups is 3. The zero-order valence-electron chi connectivity index (χ0n) is 16.1. The summed E-state index contributed by atoms with van der Waals surface area (Å²) in [5.41, 5.74) is 5.58. The van der Waals surface area contributed by atoms with Gasteiger partial charge in [0.1, 0.15) is 5.41 Å². The summed E-state index contributed by atoms with van der Waals surface area (Å²) in [6.07, 6.45) is 7.38. The van der Waals surface area contributed by atoms with Crippen molar-refractivity contribution in [2.45, 2.75) is 32.1 Å². The molecule has 1 aliphatic carbocycles. The zero-order valence-corrected chi connectivity index (χ0v) is 16.1. The van der Waals surface area contributed by atoms with E-state index in [1.165, 1.54) is 0 Å². The van der Waals surface area contributed by atoms with E-state index in [4.69, 9.17) is 5.73 Å². The van der Waals surface area contributed by atoms with Gasteiger partial charge in [0.2, 0.25) is 17.7 Å². The van der Waals surface area contributed by atoms with Gasteiger partial charge in [0.05, 0.1) is 0 Å². The predicted molar refractivity (Wildman–Crippen MR) is 106 cm³/mol. The summed E-state index contributed by atoms with van der Waals surface area (Å²) in [5, 5.41) is 0. The first-order valence-electron chi connectivity index (χ1n) is 10.0. The maximum Gasteiger partial charge on any atom is 0.238 e. The summed E-state index contributed by atoms with van der Waals surface area (Å²) in [4.78, 5) is 40.5. The number of likely N-dealkylation sites (tertiary alicyclic amines) is 2. The summed E-state index contributed by atoms with van der Waals surface area (Å²) in [5.74, 6) is -0.416. The molecular weight excluding hydrogens is 354 g/mol. The Hall–Kier alpha value is -2.63. The van der Waals surface area contributed by atoms with Crippen molar-refractivity contribution in [3.63, 3.8) is 0 Å². The SMILES string of the molecule is NC(=O)C1(C(=O)N2CCC3(CC2)CC(=O)N(CC=Cc2ccccc2)C3)CC1. The zero-order chi connectivity index (χ0) is 19.8. The van der Waals surface area contributed by atoms with Crippen molar-refractivity contribution in [3.05, 3.63) is 42.0 Å². The molecule has 148 valence electrons. The number of piperidine rings is 1. The smallest absolute Gasteiger partial charge is 0.238 e. The lowest BCUT2D eigenvalue weighted by Gasteiger charge is -2.39. The fourth-order valence-electron chi connectivity index (χ4n) is 4.54. The van der Waals surface area contributed by atoms with E-state index in [2.05, 4.69) is 0 Å². The number of hydrogen-bond donors (Lipinski definition) is 1. The minimum absolute atomic E-state index is 0.0438. The van der Waals surface area contributed by atoms with Crippen molar-refractivity contribution in [1.82, 2.24) is 9.80 Å². The second-order valence-corrected chi connectivity index (χ2v) is 8.50. The lowest BCUT2D eigenvalue weighted by Crippen LogP contribution is -2.49. The molecule has 1 spiro atoms. The van der Waals surface area contributed by atoms with Crippen molar-refractivity contribution < 1.29 is 14.4 Å². The number of primary amides is 1. The molecule has 0 unspecified atom stereocenters. The molecule has 2 aliphatic heterocycles.